The van der Waals surface area contributed by atoms with Crippen molar-refractivity contribution in [2.45, 2.75) is 33.1 Å². The number of nitrogens with one attached hydrogen (secondary N) is 1. The Balaban J connectivity index is 1.64. The van der Waals surface area contributed by atoms with Crippen LogP contribution in [0.4, 0.5) is 5.82 Å². The maximum Gasteiger partial charge on any atom is 0.161 e. The number of nitrogens with zero attached hydrogens (tertiary/aromatic N) is 4. The highest BCUT2D eigenvalue weighted by molar-refractivity contribution is 7.09. The Labute approximate surface area is 146 Å². The van der Waals surface area contributed by atoms with Crippen LogP contribution < -0.4 is 5.32 Å². The molecule has 0 aliphatic carbocycles. The largest absolute Gasteiger partial charge is 0.370 e. The Kier molecular flexibility index (Phi) is 5.48. The summed E-state index contributed by atoms with van der Waals surface area (Å²) in [5.74, 6) is 1.62. The second-order valence-electron chi connectivity index (χ2n) is 5.57. The lowest BCUT2D eigenvalue weighted by Gasteiger charge is -2.09. The number of thiazole rings is 1. The van der Waals surface area contributed by atoms with Crippen LogP contribution in [0.5, 0.6) is 0 Å². The van der Waals surface area contributed by atoms with Gasteiger partial charge in [-0.2, -0.15) is 0 Å². The summed E-state index contributed by atoms with van der Waals surface area (Å²) in [6, 6.07) is 5.89. The summed E-state index contributed by atoms with van der Waals surface area (Å²) in [6.07, 6.45) is 6.44. The van der Waals surface area contributed by atoms with Crippen molar-refractivity contribution in [2.75, 3.05) is 11.9 Å². The van der Waals surface area contributed by atoms with E-state index in [4.69, 9.17) is 0 Å². The van der Waals surface area contributed by atoms with Crippen molar-refractivity contribution in [3.63, 3.8) is 0 Å². The van der Waals surface area contributed by atoms with Gasteiger partial charge in [0.1, 0.15) is 5.82 Å². The number of hydrogen-bond acceptors (Lipinski definition) is 6. The van der Waals surface area contributed by atoms with E-state index >= 15 is 0 Å². The predicted octanol–water partition coefficient (Wildman–Crippen LogP) is 3.91. The molecule has 3 rings (SSSR count). The molecule has 0 spiro atoms. The second kappa shape index (κ2) is 7.97. The van der Waals surface area contributed by atoms with Crippen molar-refractivity contribution < 1.29 is 0 Å². The molecule has 0 bridgehead atoms. The molecule has 24 heavy (non-hydrogen) atoms. The standard InChI is InChI=1S/C18H21N5S/c1-3-15-11-16(20-8-4-5-17-21-13(2)12-24-17)23-18(22-15)14-6-9-19-10-7-14/h6-7,9-12H,3-5,8H2,1-2H3,(H,20,22,23). The van der Waals surface area contributed by atoms with Gasteiger partial charge in [-0.1, -0.05) is 6.92 Å². The monoisotopic (exact) mass is 339 g/mol. The normalized spacial score (nSPS) is 10.8. The minimum absolute atomic E-state index is 0.745. The summed E-state index contributed by atoms with van der Waals surface area (Å²) in [5.41, 5.74) is 3.13. The van der Waals surface area contributed by atoms with Gasteiger partial charge in [-0.3, -0.25) is 4.98 Å². The first kappa shape index (κ1) is 16.5. The zero-order chi connectivity index (χ0) is 16.8. The van der Waals surface area contributed by atoms with Crippen LogP contribution in [0.1, 0.15) is 29.7 Å². The van der Waals surface area contributed by atoms with E-state index in [9.17, 15) is 0 Å². The number of pyridine rings is 1. The van der Waals surface area contributed by atoms with Crippen LogP contribution in [0.25, 0.3) is 11.4 Å². The minimum atomic E-state index is 0.745. The maximum atomic E-state index is 4.64. The van der Waals surface area contributed by atoms with E-state index in [-0.39, 0.29) is 0 Å². The third-order valence-corrected chi connectivity index (χ3v) is 4.65. The topological polar surface area (TPSA) is 63.6 Å². The Bertz CT molecular complexity index is 785. The number of aromatic nitrogens is 4. The van der Waals surface area contributed by atoms with E-state index in [0.717, 1.165) is 54.4 Å². The molecule has 0 saturated heterocycles. The first-order chi connectivity index (χ1) is 11.7. The zero-order valence-corrected chi connectivity index (χ0v) is 14.8. The molecule has 0 saturated carbocycles. The highest BCUT2D eigenvalue weighted by Crippen LogP contribution is 2.18. The van der Waals surface area contributed by atoms with Crippen LogP contribution in [0.2, 0.25) is 0 Å². The summed E-state index contributed by atoms with van der Waals surface area (Å²) in [7, 11) is 0. The van der Waals surface area contributed by atoms with Gasteiger partial charge >= 0.3 is 0 Å². The molecule has 0 amide bonds. The Morgan fingerprint density at radius 1 is 1.12 bits per heavy atom. The minimum Gasteiger partial charge on any atom is -0.370 e. The fourth-order valence-electron chi connectivity index (χ4n) is 2.37. The smallest absolute Gasteiger partial charge is 0.161 e. The molecular formula is C18H21N5S. The van der Waals surface area contributed by atoms with Crippen LogP contribution in [0.15, 0.2) is 36.0 Å². The van der Waals surface area contributed by atoms with Crippen molar-refractivity contribution in [3.05, 3.63) is 52.4 Å². The first-order valence-electron chi connectivity index (χ1n) is 8.18. The van der Waals surface area contributed by atoms with Crippen molar-refractivity contribution in [1.29, 1.82) is 0 Å². The SMILES string of the molecule is CCc1cc(NCCCc2nc(C)cs2)nc(-c2ccncc2)n1. The third kappa shape index (κ3) is 4.35. The summed E-state index contributed by atoms with van der Waals surface area (Å²) in [4.78, 5) is 17.8. The third-order valence-electron chi connectivity index (χ3n) is 3.62. The van der Waals surface area contributed by atoms with E-state index in [1.807, 2.05) is 25.1 Å². The summed E-state index contributed by atoms with van der Waals surface area (Å²) >= 11 is 1.73. The van der Waals surface area contributed by atoms with Gasteiger partial charge in [0.2, 0.25) is 0 Å². The number of anilines is 1. The van der Waals surface area contributed by atoms with Gasteiger partial charge in [0, 0.05) is 53.8 Å². The first-order valence-corrected chi connectivity index (χ1v) is 9.06. The Hall–Kier alpha value is -2.34. The second-order valence-corrected chi connectivity index (χ2v) is 6.51. The zero-order valence-electron chi connectivity index (χ0n) is 14.0. The lowest BCUT2D eigenvalue weighted by atomic mass is 10.2. The lowest BCUT2D eigenvalue weighted by molar-refractivity contribution is 0.846. The quantitative estimate of drug-likeness (QED) is 0.661. The fraction of sp³-hybridized carbons (Fsp3) is 0.333. The van der Waals surface area contributed by atoms with Crippen LogP contribution in [-0.2, 0) is 12.8 Å². The maximum absolute atomic E-state index is 4.64. The van der Waals surface area contributed by atoms with Crippen LogP contribution in [-0.4, -0.2) is 26.5 Å². The molecule has 6 heteroatoms. The number of rotatable bonds is 7. The van der Waals surface area contributed by atoms with E-state index in [0.29, 0.717) is 0 Å². The lowest BCUT2D eigenvalue weighted by Crippen LogP contribution is -2.07. The van der Waals surface area contributed by atoms with Crippen molar-refractivity contribution in [3.8, 4) is 11.4 Å². The molecule has 0 radical (unpaired) electrons. The van der Waals surface area contributed by atoms with Crippen LogP contribution in [0, 0.1) is 6.92 Å². The molecule has 124 valence electrons. The highest BCUT2D eigenvalue weighted by Gasteiger charge is 2.06. The van der Waals surface area contributed by atoms with Gasteiger partial charge in [-0.15, -0.1) is 11.3 Å². The van der Waals surface area contributed by atoms with Gasteiger partial charge < -0.3 is 5.32 Å². The molecule has 0 atom stereocenters. The molecule has 0 aliphatic rings. The van der Waals surface area contributed by atoms with E-state index in [1.165, 1.54) is 5.01 Å². The molecule has 3 heterocycles. The van der Waals surface area contributed by atoms with E-state index in [1.54, 1.807) is 23.7 Å². The number of hydrogen-bond donors (Lipinski definition) is 1. The molecule has 0 fully saturated rings. The molecule has 3 aromatic rings. The van der Waals surface area contributed by atoms with Gasteiger partial charge in [0.25, 0.3) is 0 Å². The average Bonchev–Trinajstić information content (AvgIpc) is 3.04. The van der Waals surface area contributed by atoms with E-state index in [2.05, 4.69) is 37.6 Å². The predicted molar refractivity (Wildman–Crippen MR) is 98.3 cm³/mol. The Morgan fingerprint density at radius 3 is 2.67 bits per heavy atom. The molecule has 0 unspecified atom stereocenters. The van der Waals surface area contributed by atoms with Crippen molar-refractivity contribution in [2.24, 2.45) is 0 Å². The van der Waals surface area contributed by atoms with Gasteiger partial charge in [0.05, 0.1) is 5.01 Å². The van der Waals surface area contributed by atoms with Gasteiger partial charge in [-0.25, -0.2) is 15.0 Å². The van der Waals surface area contributed by atoms with Gasteiger partial charge in [0.15, 0.2) is 5.82 Å². The highest BCUT2D eigenvalue weighted by atomic mass is 32.1. The molecule has 0 aromatic carbocycles. The molecule has 3 aromatic heterocycles. The molecule has 5 nitrogen and oxygen atoms in total. The fourth-order valence-corrected chi connectivity index (χ4v) is 3.19. The van der Waals surface area contributed by atoms with Crippen molar-refractivity contribution in [1.82, 2.24) is 19.9 Å². The van der Waals surface area contributed by atoms with Crippen LogP contribution in [0.3, 0.4) is 0 Å². The summed E-state index contributed by atoms with van der Waals surface area (Å²) < 4.78 is 0. The van der Waals surface area contributed by atoms with Crippen molar-refractivity contribution >= 4 is 17.2 Å². The summed E-state index contributed by atoms with van der Waals surface area (Å²) in [6.45, 7) is 5.01. The summed E-state index contributed by atoms with van der Waals surface area (Å²) in [5, 5.41) is 6.71. The Morgan fingerprint density at radius 2 is 1.96 bits per heavy atom. The van der Waals surface area contributed by atoms with E-state index < -0.39 is 0 Å². The average molecular weight is 339 g/mol. The molecule has 0 aliphatic heterocycles. The van der Waals surface area contributed by atoms with Gasteiger partial charge in [-0.05, 0) is 31.9 Å². The van der Waals surface area contributed by atoms with Crippen LogP contribution >= 0.6 is 11.3 Å². The molecular weight excluding hydrogens is 318 g/mol. The molecule has 1 N–H and O–H groups in total. The number of aryl methyl sites for hydroxylation is 3.